The van der Waals surface area contributed by atoms with Crippen molar-refractivity contribution < 1.29 is 14.3 Å². The summed E-state index contributed by atoms with van der Waals surface area (Å²) >= 11 is 0. The Bertz CT molecular complexity index is 876. The first-order chi connectivity index (χ1) is 11.6. The van der Waals surface area contributed by atoms with E-state index in [0.29, 0.717) is 38.2 Å². The predicted molar refractivity (Wildman–Crippen MR) is 84.4 cm³/mol. The summed E-state index contributed by atoms with van der Waals surface area (Å²) in [6.45, 7) is 3.75. The summed E-state index contributed by atoms with van der Waals surface area (Å²) < 4.78 is 7.81. The van der Waals surface area contributed by atoms with Crippen LogP contribution in [0.1, 0.15) is 28.9 Å². The zero-order valence-electron chi connectivity index (χ0n) is 13.4. The van der Waals surface area contributed by atoms with E-state index >= 15 is 0 Å². The molecule has 3 saturated heterocycles. The molecule has 24 heavy (non-hydrogen) atoms. The Hall–Kier alpha value is -2.41. The van der Waals surface area contributed by atoms with Crippen LogP contribution in [0.25, 0.3) is 5.65 Å². The zero-order valence-corrected chi connectivity index (χ0v) is 13.4. The highest BCUT2D eigenvalue weighted by molar-refractivity contribution is 5.94. The SMILES string of the molecule is Cc1cccn2cc(C(=O)N3CC[C@@]45OCCN4C(=O)C[C@@H]35)nc12. The van der Waals surface area contributed by atoms with Crippen LogP contribution >= 0.6 is 0 Å². The molecule has 3 aliphatic heterocycles. The van der Waals surface area contributed by atoms with Gasteiger partial charge in [-0.25, -0.2) is 4.98 Å². The number of fused-ring (bicyclic) bond motifs is 1. The second kappa shape index (κ2) is 4.57. The maximum absolute atomic E-state index is 13.0. The van der Waals surface area contributed by atoms with Gasteiger partial charge < -0.3 is 18.9 Å². The third-order valence-electron chi connectivity index (χ3n) is 5.56. The summed E-state index contributed by atoms with van der Waals surface area (Å²) in [5.41, 5.74) is 1.64. The van der Waals surface area contributed by atoms with Gasteiger partial charge in [-0.05, 0) is 18.6 Å². The second-order valence-corrected chi connectivity index (χ2v) is 6.76. The molecule has 7 nitrogen and oxygen atoms in total. The quantitative estimate of drug-likeness (QED) is 0.778. The van der Waals surface area contributed by atoms with Crippen LogP contribution in [-0.4, -0.2) is 62.5 Å². The molecule has 0 saturated carbocycles. The minimum atomic E-state index is -0.595. The minimum Gasteiger partial charge on any atom is -0.351 e. The summed E-state index contributed by atoms with van der Waals surface area (Å²) in [6.07, 6.45) is 4.68. The Balaban J connectivity index is 1.51. The molecule has 0 unspecified atom stereocenters. The lowest BCUT2D eigenvalue weighted by Crippen LogP contribution is -2.48. The van der Waals surface area contributed by atoms with Gasteiger partial charge in [0.1, 0.15) is 11.3 Å². The highest BCUT2D eigenvalue weighted by atomic mass is 16.5. The first kappa shape index (κ1) is 14.0. The number of rotatable bonds is 1. The van der Waals surface area contributed by atoms with Gasteiger partial charge in [0.25, 0.3) is 5.91 Å². The van der Waals surface area contributed by atoms with E-state index < -0.39 is 5.72 Å². The van der Waals surface area contributed by atoms with Gasteiger partial charge in [0.15, 0.2) is 5.72 Å². The molecule has 0 radical (unpaired) electrons. The number of aromatic nitrogens is 2. The number of amides is 2. The number of aryl methyl sites for hydroxylation is 1. The second-order valence-electron chi connectivity index (χ2n) is 6.76. The number of hydrogen-bond acceptors (Lipinski definition) is 4. The molecule has 0 bridgehead atoms. The number of pyridine rings is 1. The largest absolute Gasteiger partial charge is 0.351 e. The van der Waals surface area contributed by atoms with E-state index in [0.717, 1.165) is 11.2 Å². The van der Waals surface area contributed by atoms with E-state index in [-0.39, 0.29) is 17.9 Å². The van der Waals surface area contributed by atoms with E-state index in [9.17, 15) is 9.59 Å². The summed E-state index contributed by atoms with van der Waals surface area (Å²) in [5, 5.41) is 0. The molecule has 2 amide bonds. The topological polar surface area (TPSA) is 67.2 Å². The third kappa shape index (κ3) is 1.62. The van der Waals surface area contributed by atoms with E-state index in [4.69, 9.17) is 4.74 Å². The monoisotopic (exact) mass is 326 g/mol. The van der Waals surface area contributed by atoms with Crippen LogP contribution in [0.15, 0.2) is 24.5 Å². The molecular weight excluding hydrogens is 308 g/mol. The standard InChI is InChI=1S/C17H18N4O3/c1-11-3-2-5-19-10-12(18-15(11)19)16(23)20-6-4-17-13(20)9-14(22)21(17)7-8-24-17/h2-3,5,10,13H,4,6-9H2,1H3/t13-,17+/m1/s1. The summed E-state index contributed by atoms with van der Waals surface area (Å²) in [7, 11) is 0. The summed E-state index contributed by atoms with van der Waals surface area (Å²) in [5.74, 6) is -0.0361. The maximum atomic E-state index is 13.0. The molecule has 5 rings (SSSR count). The summed E-state index contributed by atoms with van der Waals surface area (Å²) in [4.78, 5) is 33.4. The van der Waals surface area contributed by atoms with Gasteiger partial charge in [0.2, 0.25) is 5.91 Å². The van der Waals surface area contributed by atoms with Crippen LogP contribution in [0.5, 0.6) is 0 Å². The molecule has 2 aromatic heterocycles. The fourth-order valence-electron chi connectivity index (χ4n) is 4.44. The van der Waals surface area contributed by atoms with Crippen LogP contribution in [-0.2, 0) is 9.53 Å². The van der Waals surface area contributed by atoms with Crippen molar-refractivity contribution in [3.05, 3.63) is 35.8 Å². The van der Waals surface area contributed by atoms with Crippen molar-refractivity contribution in [2.24, 2.45) is 0 Å². The van der Waals surface area contributed by atoms with E-state index in [2.05, 4.69) is 4.98 Å². The molecule has 2 atom stereocenters. The maximum Gasteiger partial charge on any atom is 0.274 e. The first-order valence-electron chi connectivity index (χ1n) is 8.30. The molecule has 7 heteroatoms. The van der Waals surface area contributed by atoms with Crippen LogP contribution < -0.4 is 0 Å². The molecule has 3 fully saturated rings. The molecule has 0 aromatic carbocycles. The molecule has 0 N–H and O–H groups in total. The van der Waals surface area contributed by atoms with Crippen LogP contribution in [0.3, 0.4) is 0 Å². The number of likely N-dealkylation sites (tertiary alicyclic amines) is 1. The van der Waals surface area contributed by atoms with Crippen molar-refractivity contribution in [2.75, 3.05) is 19.7 Å². The van der Waals surface area contributed by atoms with Crippen molar-refractivity contribution in [3.8, 4) is 0 Å². The molecule has 3 aliphatic rings. The van der Waals surface area contributed by atoms with Gasteiger partial charge in [0.05, 0.1) is 19.1 Å². The van der Waals surface area contributed by atoms with Crippen molar-refractivity contribution >= 4 is 17.5 Å². The Labute approximate surface area is 138 Å². The van der Waals surface area contributed by atoms with Gasteiger partial charge in [-0.3, -0.25) is 9.59 Å². The number of ether oxygens (including phenoxy) is 1. The Morgan fingerprint density at radius 3 is 3.12 bits per heavy atom. The van der Waals surface area contributed by atoms with Crippen molar-refractivity contribution in [2.45, 2.75) is 31.5 Å². The minimum absolute atomic E-state index is 0.0841. The molecule has 0 aliphatic carbocycles. The third-order valence-corrected chi connectivity index (χ3v) is 5.56. The van der Waals surface area contributed by atoms with Gasteiger partial charge in [-0.15, -0.1) is 0 Å². The predicted octanol–water partition coefficient (Wildman–Crippen LogP) is 0.816. The van der Waals surface area contributed by atoms with E-state index in [1.807, 2.05) is 34.6 Å². The fourth-order valence-corrected chi connectivity index (χ4v) is 4.44. The lowest BCUT2D eigenvalue weighted by Gasteiger charge is -2.31. The molecule has 5 heterocycles. The Morgan fingerprint density at radius 1 is 1.42 bits per heavy atom. The number of carbonyl (C=O) groups excluding carboxylic acids is 2. The molecular formula is C17H18N4O3. The Morgan fingerprint density at radius 2 is 2.29 bits per heavy atom. The van der Waals surface area contributed by atoms with E-state index in [1.165, 1.54) is 0 Å². The van der Waals surface area contributed by atoms with Gasteiger partial charge in [-0.1, -0.05) is 6.07 Å². The number of carbonyl (C=O) groups is 2. The normalized spacial score (nSPS) is 28.7. The van der Waals surface area contributed by atoms with Gasteiger partial charge in [-0.2, -0.15) is 0 Å². The fraction of sp³-hybridized carbons (Fsp3) is 0.471. The van der Waals surface area contributed by atoms with Crippen LogP contribution in [0, 0.1) is 6.92 Å². The van der Waals surface area contributed by atoms with Crippen LogP contribution in [0.2, 0.25) is 0 Å². The van der Waals surface area contributed by atoms with Crippen molar-refractivity contribution in [1.82, 2.24) is 19.2 Å². The molecule has 124 valence electrons. The molecule has 2 aromatic rings. The lowest BCUT2D eigenvalue weighted by atomic mass is 10.1. The lowest BCUT2D eigenvalue weighted by molar-refractivity contribution is -0.136. The first-order valence-corrected chi connectivity index (χ1v) is 8.30. The van der Waals surface area contributed by atoms with Crippen LogP contribution in [0.4, 0.5) is 0 Å². The van der Waals surface area contributed by atoms with Gasteiger partial charge in [0, 0.05) is 31.9 Å². The average molecular weight is 326 g/mol. The number of imidazole rings is 1. The Kier molecular flexibility index (Phi) is 2.66. The van der Waals surface area contributed by atoms with E-state index in [1.54, 1.807) is 11.1 Å². The smallest absolute Gasteiger partial charge is 0.274 e. The average Bonchev–Trinajstić information content (AvgIpc) is 3.28. The van der Waals surface area contributed by atoms with Gasteiger partial charge >= 0.3 is 0 Å². The summed E-state index contributed by atoms with van der Waals surface area (Å²) in [6, 6.07) is 3.70. The zero-order chi connectivity index (χ0) is 16.5. The highest BCUT2D eigenvalue weighted by Crippen LogP contribution is 2.45. The van der Waals surface area contributed by atoms with Crippen molar-refractivity contribution in [1.29, 1.82) is 0 Å². The van der Waals surface area contributed by atoms with Crippen molar-refractivity contribution in [3.63, 3.8) is 0 Å². The molecule has 1 spiro atoms. The number of hydrogen-bond donors (Lipinski definition) is 0. The highest BCUT2D eigenvalue weighted by Gasteiger charge is 2.63. The number of nitrogens with zero attached hydrogens (tertiary/aromatic N) is 4.